The molecule has 0 spiro atoms. The number of phosphoric ester groups is 1. The summed E-state index contributed by atoms with van der Waals surface area (Å²) in [6, 6.07) is 9.23. The molecule has 2 aromatic heterocycles. The lowest BCUT2D eigenvalue weighted by atomic mass is 9.70. The van der Waals surface area contributed by atoms with E-state index in [1.165, 1.54) is 6.33 Å². The van der Waals surface area contributed by atoms with Gasteiger partial charge < -0.3 is 20.3 Å². The molecule has 4 rings (SSSR count). The van der Waals surface area contributed by atoms with E-state index in [2.05, 4.69) is 15.0 Å². The Morgan fingerprint density at radius 3 is 2.81 bits per heavy atom. The van der Waals surface area contributed by atoms with Crippen molar-refractivity contribution in [1.82, 2.24) is 19.5 Å². The van der Waals surface area contributed by atoms with E-state index in [0.717, 1.165) is 5.56 Å². The summed E-state index contributed by atoms with van der Waals surface area (Å²) in [5.74, 6) is -0.453. The summed E-state index contributed by atoms with van der Waals surface area (Å²) < 4.78 is 24.3. The number of aromatic nitrogens is 4. The maximum absolute atomic E-state index is 12.3. The topological polar surface area (TPSA) is 166 Å². The van der Waals surface area contributed by atoms with Crippen molar-refractivity contribution in [3.63, 3.8) is 0 Å². The molecule has 0 bridgehead atoms. The molecule has 1 aromatic carbocycles. The lowest BCUT2D eigenvalue weighted by molar-refractivity contribution is -0.00809. The van der Waals surface area contributed by atoms with E-state index in [1.807, 2.05) is 30.3 Å². The number of nitrogen functional groups attached to an aromatic ring is 1. The van der Waals surface area contributed by atoms with E-state index in [9.17, 15) is 19.4 Å². The molecule has 4 unspecified atom stereocenters. The Morgan fingerprint density at radius 1 is 1.29 bits per heavy atom. The fourth-order valence-corrected chi connectivity index (χ4v) is 4.64. The molecule has 11 nitrogen and oxygen atoms in total. The van der Waals surface area contributed by atoms with E-state index in [0.29, 0.717) is 18.5 Å². The number of H-pyrrole nitrogens is 1. The second-order valence-corrected chi connectivity index (χ2v) is 8.97. The van der Waals surface area contributed by atoms with Gasteiger partial charge in [0.05, 0.1) is 19.5 Å². The van der Waals surface area contributed by atoms with Gasteiger partial charge in [-0.05, 0) is 24.3 Å². The molecule has 0 saturated heterocycles. The summed E-state index contributed by atoms with van der Waals surface area (Å²) in [4.78, 5) is 32.7. The molecule has 2 heterocycles. The van der Waals surface area contributed by atoms with Gasteiger partial charge in [0.15, 0.2) is 11.2 Å². The van der Waals surface area contributed by atoms with Gasteiger partial charge in [-0.15, -0.1) is 0 Å². The van der Waals surface area contributed by atoms with Crippen LogP contribution < -0.4 is 11.3 Å². The highest BCUT2D eigenvalue weighted by molar-refractivity contribution is 7.47. The van der Waals surface area contributed by atoms with Gasteiger partial charge in [0.25, 0.3) is 5.56 Å². The van der Waals surface area contributed by atoms with Crippen molar-refractivity contribution in [3.05, 3.63) is 52.6 Å². The zero-order chi connectivity index (χ0) is 22.0. The molecule has 0 radical (unpaired) electrons. The minimum atomic E-state index is -4.26. The lowest BCUT2D eigenvalue weighted by Crippen LogP contribution is -2.43. The number of anilines is 1. The van der Waals surface area contributed by atoms with E-state index in [4.69, 9.17) is 14.8 Å². The summed E-state index contributed by atoms with van der Waals surface area (Å²) in [7, 11) is -4.26. The predicted octanol–water partition coefficient (Wildman–Crippen LogP) is 1.25. The number of aromatic amines is 1. The summed E-state index contributed by atoms with van der Waals surface area (Å²) in [5, 5.41) is 9.64. The van der Waals surface area contributed by atoms with Gasteiger partial charge in [-0.25, -0.2) is 9.55 Å². The Morgan fingerprint density at radius 2 is 2.06 bits per heavy atom. The largest absolute Gasteiger partial charge is 0.472 e. The number of imidazole rings is 1. The number of rotatable bonds is 9. The smallest absolute Gasteiger partial charge is 0.396 e. The van der Waals surface area contributed by atoms with Crippen LogP contribution >= 0.6 is 7.82 Å². The predicted molar refractivity (Wildman–Crippen MR) is 112 cm³/mol. The van der Waals surface area contributed by atoms with Crippen molar-refractivity contribution in [2.24, 2.45) is 11.8 Å². The summed E-state index contributed by atoms with van der Waals surface area (Å²) in [6.45, 7) is -0.168. The normalized spacial score (nSPS) is 22.8. The highest BCUT2D eigenvalue weighted by atomic mass is 31.2. The fraction of sp³-hybridized carbons (Fsp3) is 0.421. The van der Waals surface area contributed by atoms with Gasteiger partial charge in [0.2, 0.25) is 5.95 Å². The monoisotopic (exact) mass is 449 g/mol. The van der Waals surface area contributed by atoms with Crippen LogP contribution in [0.5, 0.6) is 0 Å². The molecule has 0 aliphatic heterocycles. The Hall–Kier alpha value is -2.56. The maximum Gasteiger partial charge on any atom is 0.472 e. The molecular weight excluding hydrogens is 425 g/mol. The number of nitrogens with two attached hydrogens (primary N) is 1. The van der Waals surface area contributed by atoms with Crippen LogP contribution in [0.1, 0.15) is 18.0 Å². The summed E-state index contributed by atoms with van der Waals surface area (Å²) in [6.07, 6.45) is 2.53. The fourth-order valence-electron chi connectivity index (χ4n) is 3.88. The van der Waals surface area contributed by atoms with Crippen LogP contribution in [0.3, 0.4) is 0 Å². The van der Waals surface area contributed by atoms with Crippen LogP contribution in [0.25, 0.3) is 11.2 Å². The van der Waals surface area contributed by atoms with Gasteiger partial charge >= 0.3 is 7.82 Å². The number of aliphatic hydroxyl groups is 1. The first-order valence-electron chi connectivity index (χ1n) is 9.87. The third kappa shape index (κ3) is 4.70. The van der Waals surface area contributed by atoms with Crippen molar-refractivity contribution in [2.75, 3.05) is 25.6 Å². The molecule has 1 aliphatic carbocycles. The molecule has 12 heteroatoms. The molecule has 4 atom stereocenters. The first-order valence-corrected chi connectivity index (χ1v) is 11.4. The molecule has 1 saturated carbocycles. The zero-order valence-electron chi connectivity index (χ0n) is 16.6. The van der Waals surface area contributed by atoms with Crippen molar-refractivity contribution >= 4 is 24.9 Å². The van der Waals surface area contributed by atoms with E-state index < -0.39 is 13.4 Å². The Kier molecular flexibility index (Phi) is 6.22. The van der Waals surface area contributed by atoms with Crippen LogP contribution in [0.15, 0.2) is 41.5 Å². The van der Waals surface area contributed by atoms with Gasteiger partial charge in [-0.3, -0.25) is 18.8 Å². The average Bonchev–Trinajstić information content (AvgIpc) is 3.12. The van der Waals surface area contributed by atoms with Crippen molar-refractivity contribution in [2.45, 2.75) is 18.9 Å². The lowest BCUT2D eigenvalue weighted by Gasteiger charge is -2.44. The second kappa shape index (κ2) is 8.89. The Bertz CT molecular complexity index is 1150. The molecular formula is C19H24N5O6P. The quantitative estimate of drug-likeness (QED) is 0.352. The number of hydrogen-bond donors (Lipinski definition) is 4. The molecule has 0 amide bonds. The first kappa shape index (κ1) is 21.7. The number of hydrogen-bond acceptors (Lipinski definition) is 8. The van der Waals surface area contributed by atoms with Crippen LogP contribution in [0.4, 0.5) is 5.95 Å². The number of nitrogens with one attached hydrogen (secondary N) is 1. The van der Waals surface area contributed by atoms with Gasteiger partial charge in [0.1, 0.15) is 0 Å². The van der Waals surface area contributed by atoms with Crippen LogP contribution in [-0.2, 0) is 20.0 Å². The van der Waals surface area contributed by atoms with Crippen LogP contribution in [0.2, 0.25) is 0 Å². The Balaban J connectivity index is 1.41. The SMILES string of the molecule is Nc1nc2c(ncn2C2CC(CO)C2COP(=O)(O)OCCc2ccccc2)c(=O)[nH]1. The molecule has 166 valence electrons. The maximum atomic E-state index is 12.3. The number of fused-ring (bicyclic) bond motifs is 1. The molecule has 3 aromatic rings. The number of phosphoric acid groups is 1. The molecule has 5 N–H and O–H groups in total. The highest BCUT2D eigenvalue weighted by Gasteiger charge is 2.44. The van der Waals surface area contributed by atoms with Crippen LogP contribution in [0, 0.1) is 11.8 Å². The molecule has 1 aliphatic rings. The minimum Gasteiger partial charge on any atom is -0.396 e. The van der Waals surface area contributed by atoms with E-state index >= 15 is 0 Å². The first-order chi connectivity index (χ1) is 14.9. The number of aliphatic hydroxyl groups excluding tert-OH is 1. The van der Waals surface area contributed by atoms with Crippen LogP contribution in [-0.4, -0.2) is 49.3 Å². The Labute approximate surface area is 177 Å². The number of benzene rings is 1. The average molecular weight is 449 g/mol. The second-order valence-electron chi connectivity index (χ2n) is 7.52. The summed E-state index contributed by atoms with van der Waals surface area (Å²) >= 11 is 0. The standard InChI is InChI=1S/C19H24N5O6P/c20-19-22-17-16(18(26)23-19)21-11-24(17)15-8-13(9-25)14(15)10-30-31(27,28)29-7-6-12-4-2-1-3-5-12/h1-5,11,13-15,25H,6-10H2,(H,27,28)(H3,20,22,23,26). The van der Waals surface area contributed by atoms with Crippen molar-refractivity contribution in [1.29, 1.82) is 0 Å². The third-order valence-corrected chi connectivity index (χ3v) is 6.59. The number of nitrogens with zero attached hydrogens (tertiary/aromatic N) is 3. The third-order valence-electron chi connectivity index (χ3n) is 5.60. The molecule has 1 fully saturated rings. The molecule has 31 heavy (non-hydrogen) atoms. The van der Waals surface area contributed by atoms with E-state index in [-0.39, 0.29) is 49.2 Å². The van der Waals surface area contributed by atoms with E-state index in [1.54, 1.807) is 4.57 Å². The summed E-state index contributed by atoms with van der Waals surface area (Å²) in [5.41, 5.74) is 6.65. The highest BCUT2D eigenvalue weighted by Crippen LogP contribution is 2.49. The van der Waals surface area contributed by atoms with Crippen molar-refractivity contribution < 1.29 is 23.6 Å². The zero-order valence-corrected chi connectivity index (χ0v) is 17.5. The van der Waals surface area contributed by atoms with Gasteiger partial charge in [-0.1, -0.05) is 30.3 Å². The minimum absolute atomic E-state index is 0.0308. The van der Waals surface area contributed by atoms with Crippen molar-refractivity contribution in [3.8, 4) is 0 Å². The van der Waals surface area contributed by atoms with Gasteiger partial charge in [0, 0.05) is 18.6 Å². The van der Waals surface area contributed by atoms with Gasteiger partial charge in [-0.2, -0.15) is 4.98 Å².